The average molecular weight is 408 g/mol. The number of hydrogen-bond donors (Lipinski definition) is 1. The standard InChI is InChI=1S/C23H24F4O2/c1-2-3-4-13-5-7-14(8-6-13)16-9-10-17(23(28)29)21(26)20(16)15-11-18(24)22(27)19(25)12-15/h9-14H,2-8H2,1H3,(H,28,29)/t13-,14-. The molecule has 0 heterocycles. The topological polar surface area (TPSA) is 37.3 Å². The Balaban J connectivity index is 2.03. The summed E-state index contributed by atoms with van der Waals surface area (Å²) in [5.41, 5.74) is -0.401. The molecule has 0 saturated heterocycles. The molecule has 0 spiro atoms. The zero-order valence-electron chi connectivity index (χ0n) is 16.3. The van der Waals surface area contributed by atoms with Gasteiger partial charge in [0, 0.05) is 5.56 Å². The van der Waals surface area contributed by atoms with Gasteiger partial charge in [-0.15, -0.1) is 0 Å². The number of unbranched alkanes of at least 4 members (excludes halogenated alkanes) is 1. The van der Waals surface area contributed by atoms with Crippen LogP contribution < -0.4 is 0 Å². The minimum atomic E-state index is -1.64. The number of rotatable bonds is 6. The molecule has 0 aromatic heterocycles. The van der Waals surface area contributed by atoms with Gasteiger partial charge in [0.1, 0.15) is 5.82 Å². The first kappa shape index (κ1) is 21.3. The first-order chi connectivity index (χ1) is 13.8. The monoisotopic (exact) mass is 408 g/mol. The normalized spacial score (nSPS) is 19.3. The zero-order valence-corrected chi connectivity index (χ0v) is 16.3. The molecule has 1 fully saturated rings. The van der Waals surface area contributed by atoms with Crippen molar-refractivity contribution in [2.24, 2.45) is 5.92 Å². The summed E-state index contributed by atoms with van der Waals surface area (Å²) in [7, 11) is 0. The average Bonchev–Trinajstić information content (AvgIpc) is 2.70. The third-order valence-corrected chi connectivity index (χ3v) is 5.93. The van der Waals surface area contributed by atoms with Crippen molar-refractivity contribution in [2.45, 2.75) is 57.8 Å². The molecule has 0 amide bonds. The molecule has 2 aromatic carbocycles. The molecule has 29 heavy (non-hydrogen) atoms. The van der Waals surface area contributed by atoms with Gasteiger partial charge in [0.05, 0.1) is 5.56 Å². The molecule has 3 rings (SSSR count). The quantitative estimate of drug-likeness (QED) is 0.410. The van der Waals surface area contributed by atoms with Crippen molar-refractivity contribution in [3.63, 3.8) is 0 Å². The highest BCUT2D eigenvalue weighted by atomic mass is 19.2. The summed E-state index contributed by atoms with van der Waals surface area (Å²) >= 11 is 0. The molecule has 1 N–H and O–H groups in total. The molecule has 0 radical (unpaired) electrons. The van der Waals surface area contributed by atoms with Gasteiger partial charge in [-0.2, -0.15) is 0 Å². The molecule has 0 aliphatic heterocycles. The molecule has 0 bridgehead atoms. The number of halogens is 4. The molecule has 1 aliphatic rings. The van der Waals surface area contributed by atoms with Gasteiger partial charge in [-0.05, 0) is 66.8 Å². The fourth-order valence-corrected chi connectivity index (χ4v) is 4.34. The van der Waals surface area contributed by atoms with E-state index in [1.165, 1.54) is 12.1 Å². The maximum absolute atomic E-state index is 15.1. The van der Waals surface area contributed by atoms with Crippen molar-refractivity contribution < 1.29 is 27.5 Å². The number of carboxylic acid groups (broad SMARTS) is 1. The van der Waals surface area contributed by atoms with E-state index in [0.717, 1.165) is 57.1 Å². The molecule has 1 saturated carbocycles. The van der Waals surface area contributed by atoms with E-state index in [9.17, 15) is 23.1 Å². The van der Waals surface area contributed by atoms with Gasteiger partial charge >= 0.3 is 5.97 Å². The molecular formula is C23H24F4O2. The Morgan fingerprint density at radius 1 is 1.00 bits per heavy atom. The summed E-state index contributed by atoms with van der Waals surface area (Å²) in [4.78, 5) is 11.4. The number of carboxylic acids is 1. The van der Waals surface area contributed by atoms with Crippen molar-refractivity contribution in [3.05, 3.63) is 58.7 Å². The van der Waals surface area contributed by atoms with Crippen LogP contribution in [0.3, 0.4) is 0 Å². The number of carbonyl (C=O) groups is 1. The Morgan fingerprint density at radius 2 is 1.62 bits per heavy atom. The maximum Gasteiger partial charge on any atom is 0.338 e. The second-order valence-corrected chi connectivity index (χ2v) is 7.81. The molecule has 0 unspecified atom stereocenters. The minimum Gasteiger partial charge on any atom is -0.478 e. The first-order valence-corrected chi connectivity index (χ1v) is 10.0. The van der Waals surface area contributed by atoms with Crippen molar-refractivity contribution in [2.75, 3.05) is 0 Å². The van der Waals surface area contributed by atoms with E-state index >= 15 is 4.39 Å². The van der Waals surface area contributed by atoms with Crippen LogP contribution in [-0.2, 0) is 0 Å². The Morgan fingerprint density at radius 3 is 2.17 bits per heavy atom. The third kappa shape index (κ3) is 4.46. The van der Waals surface area contributed by atoms with E-state index in [1.807, 2.05) is 0 Å². The van der Waals surface area contributed by atoms with Crippen LogP contribution in [0.15, 0.2) is 24.3 Å². The molecular weight excluding hydrogens is 384 g/mol. The van der Waals surface area contributed by atoms with Crippen LogP contribution in [-0.4, -0.2) is 11.1 Å². The van der Waals surface area contributed by atoms with Gasteiger partial charge < -0.3 is 5.11 Å². The van der Waals surface area contributed by atoms with Gasteiger partial charge in [0.25, 0.3) is 0 Å². The van der Waals surface area contributed by atoms with E-state index in [2.05, 4.69) is 6.92 Å². The minimum absolute atomic E-state index is 0.0450. The summed E-state index contributed by atoms with van der Waals surface area (Å²) in [6, 6.07) is 4.16. The zero-order chi connectivity index (χ0) is 21.1. The predicted octanol–water partition coefficient (Wildman–Crippen LogP) is 7.07. The van der Waals surface area contributed by atoms with Crippen LogP contribution in [0.4, 0.5) is 17.6 Å². The summed E-state index contributed by atoms with van der Waals surface area (Å²) in [5, 5.41) is 9.26. The van der Waals surface area contributed by atoms with Gasteiger partial charge in [0.15, 0.2) is 17.5 Å². The smallest absolute Gasteiger partial charge is 0.338 e. The molecule has 0 atom stereocenters. The first-order valence-electron chi connectivity index (χ1n) is 10.0. The van der Waals surface area contributed by atoms with Gasteiger partial charge in [-0.3, -0.25) is 0 Å². The van der Waals surface area contributed by atoms with E-state index in [1.54, 1.807) is 0 Å². The fraction of sp³-hybridized carbons (Fsp3) is 0.435. The second kappa shape index (κ2) is 8.97. The van der Waals surface area contributed by atoms with Gasteiger partial charge in [-0.25, -0.2) is 22.4 Å². The van der Waals surface area contributed by atoms with Gasteiger partial charge in [0.2, 0.25) is 0 Å². The van der Waals surface area contributed by atoms with Crippen LogP contribution in [0.5, 0.6) is 0 Å². The molecule has 1 aliphatic carbocycles. The SMILES string of the molecule is CCCC[C@H]1CC[C@H](c2ccc(C(=O)O)c(F)c2-c2cc(F)c(F)c(F)c2)CC1. The molecule has 6 heteroatoms. The lowest BCUT2D eigenvalue weighted by Gasteiger charge is -2.30. The lowest BCUT2D eigenvalue weighted by Crippen LogP contribution is -2.15. The van der Waals surface area contributed by atoms with Crippen molar-refractivity contribution in [1.82, 2.24) is 0 Å². The van der Waals surface area contributed by atoms with E-state index in [-0.39, 0.29) is 17.0 Å². The summed E-state index contributed by atoms with van der Waals surface area (Å²) < 4.78 is 56.1. The number of benzene rings is 2. The van der Waals surface area contributed by atoms with E-state index in [4.69, 9.17) is 0 Å². The second-order valence-electron chi connectivity index (χ2n) is 7.81. The summed E-state index contributed by atoms with van der Waals surface area (Å²) in [6.45, 7) is 2.14. The van der Waals surface area contributed by atoms with E-state index in [0.29, 0.717) is 11.5 Å². The van der Waals surface area contributed by atoms with Crippen LogP contribution in [0.25, 0.3) is 11.1 Å². The van der Waals surface area contributed by atoms with Crippen LogP contribution >= 0.6 is 0 Å². The Labute approximate surface area is 167 Å². The Hall–Kier alpha value is -2.37. The van der Waals surface area contributed by atoms with Crippen molar-refractivity contribution in [3.8, 4) is 11.1 Å². The maximum atomic E-state index is 15.1. The van der Waals surface area contributed by atoms with Crippen molar-refractivity contribution >= 4 is 5.97 Å². The van der Waals surface area contributed by atoms with Crippen LogP contribution in [0.1, 0.15) is 73.7 Å². The lowest BCUT2D eigenvalue weighted by atomic mass is 9.75. The number of hydrogen-bond acceptors (Lipinski definition) is 1. The van der Waals surface area contributed by atoms with E-state index < -0.39 is 34.8 Å². The predicted molar refractivity (Wildman–Crippen MR) is 103 cm³/mol. The van der Waals surface area contributed by atoms with Crippen LogP contribution in [0.2, 0.25) is 0 Å². The van der Waals surface area contributed by atoms with Crippen molar-refractivity contribution in [1.29, 1.82) is 0 Å². The molecule has 156 valence electrons. The highest BCUT2D eigenvalue weighted by Crippen LogP contribution is 2.43. The Kier molecular flexibility index (Phi) is 6.60. The number of aromatic carboxylic acids is 1. The highest BCUT2D eigenvalue weighted by Gasteiger charge is 2.28. The molecule has 2 aromatic rings. The molecule has 2 nitrogen and oxygen atoms in total. The lowest BCUT2D eigenvalue weighted by molar-refractivity contribution is 0.0692. The van der Waals surface area contributed by atoms with Crippen LogP contribution in [0, 0.1) is 29.2 Å². The largest absolute Gasteiger partial charge is 0.478 e. The Bertz CT molecular complexity index is 879. The highest BCUT2D eigenvalue weighted by molar-refractivity contribution is 5.90. The summed E-state index contributed by atoms with van der Waals surface area (Å²) in [5.74, 6) is -6.46. The van der Waals surface area contributed by atoms with Gasteiger partial charge in [-0.1, -0.05) is 32.3 Å². The summed E-state index contributed by atoms with van der Waals surface area (Å²) in [6.07, 6.45) is 6.97. The fourth-order valence-electron chi connectivity index (χ4n) is 4.34. The third-order valence-electron chi connectivity index (χ3n) is 5.93.